The number of nitrogens with one attached hydrogen (secondary N) is 2. The van der Waals surface area contributed by atoms with Crippen LogP contribution in [0.4, 0.5) is 0 Å². The average Bonchev–Trinajstić information content (AvgIpc) is 2.64. The number of rotatable bonds is 8. The lowest BCUT2D eigenvalue weighted by atomic mass is 10.1. The summed E-state index contributed by atoms with van der Waals surface area (Å²) in [4.78, 5) is 23.5. The van der Waals surface area contributed by atoms with Crippen molar-refractivity contribution in [2.45, 2.75) is 31.7 Å². The third kappa shape index (κ3) is 6.04. The fourth-order valence-corrected chi connectivity index (χ4v) is 3.24. The molecule has 2 rings (SSSR count). The monoisotopic (exact) mass is 392 g/mol. The van der Waals surface area contributed by atoms with Crippen LogP contribution in [0.25, 0.3) is 10.8 Å². The summed E-state index contributed by atoms with van der Waals surface area (Å²) in [6, 6.07) is 12.0. The van der Waals surface area contributed by atoms with Crippen molar-refractivity contribution in [3.05, 3.63) is 42.5 Å². The topological polar surface area (TPSA) is 102 Å². The van der Waals surface area contributed by atoms with Crippen LogP contribution in [0.3, 0.4) is 0 Å². The van der Waals surface area contributed by atoms with Crippen molar-refractivity contribution in [1.29, 1.82) is 0 Å². The van der Waals surface area contributed by atoms with E-state index in [-0.39, 0.29) is 16.9 Å². The lowest BCUT2D eigenvalue weighted by molar-refractivity contribution is -0.147. The zero-order valence-corrected chi connectivity index (χ0v) is 16.4. The Balaban J connectivity index is 1.88. The molecule has 27 heavy (non-hydrogen) atoms. The first-order chi connectivity index (χ1) is 12.7. The minimum atomic E-state index is -3.87. The molecule has 0 radical (unpaired) electrons. The fourth-order valence-electron chi connectivity index (χ4n) is 2.23. The number of ether oxygens (including phenoxy) is 1. The molecule has 0 saturated carbocycles. The molecule has 8 heteroatoms. The van der Waals surface area contributed by atoms with E-state index in [1.807, 2.05) is 39.0 Å². The molecule has 0 spiro atoms. The summed E-state index contributed by atoms with van der Waals surface area (Å²) in [5.41, 5.74) is 0. The van der Waals surface area contributed by atoms with Crippen molar-refractivity contribution in [2.24, 2.45) is 5.92 Å². The number of sulfonamides is 1. The Morgan fingerprint density at radius 2 is 1.70 bits per heavy atom. The number of carbonyl (C=O) groups is 2. The van der Waals surface area contributed by atoms with E-state index in [1.165, 1.54) is 12.1 Å². The molecule has 2 aromatic rings. The van der Waals surface area contributed by atoms with Crippen LogP contribution in [-0.2, 0) is 24.3 Å². The Kier molecular flexibility index (Phi) is 6.92. The highest BCUT2D eigenvalue weighted by atomic mass is 32.2. The van der Waals surface area contributed by atoms with Crippen molar-refractivity contribution in [2.75, 3.05) is 13.2 Å². The predicted octanol–water partition coefficient (Wildman–Crippen LogP) is 1.82. The van der Waals surface area contributed by atoms with Crippen molar-refractivity contribution < 1.29 is 22.7 Å². The number of fused-ring (bicyclic) bond motifs is 1. The molecule has 0 unspecified atom stereocenters. The number of hydrogen-bond acceptors (Lipinski definition) is 5. The standard InChI is InChI=1S/C19H24N2O5S/c1-13(2)14(3)21-18(22)12-26-19(23)11-20-27(24,25)17-9-8-15-6-4-5-7-16(15)10-17/h4-10,13-14,20H,11-12H2,1-3H3,(H,21,22)/t14-/m1/s1. The van der Waals surface area contributed by atoms with Gasteiger partial charge in [0.25, 0.3) is 5.91 Å². The van der Waals surface area contributed by atoms with Crippen LogP contribution >= 0.6 is 0 Å². The third-order valence-electron chi connectivity index (χ3n) is 4.19. The van der Waals surface area contributed by atoms with E-state index < -0.39 is 35.1 Å². The van der Waals surface area contributed by atoms with E-state index in [4.69, 9.17) is 4.74 Å². The minimum Gasteiger partial charge on any atom is -0.455 e. The van der Waals surface area contributed by atoms with Gasteiger partial charge < -0.3 is 10.1 Å². The van der Waals surface area contributed by atoms with Crippen molar-refractivity contribution in [3.8, 4) is 0 Å². The van der Waals surface area contributed by atoms with E-state index in [2.05, 4.69) is 10.0 Å². The van der Waals surface area contributed by atoms with Gasteiger partial charge in [-0.1, -0.05) is 44.2 Å². The van der Waals surface area contributed by atoms with E-state index >= 15 is 0 Å². The molecule has 2 aromatic carbocycles. The summed E-state index contributed by atoms with van der Waals surface area (Å²) < 4.78 is 31.7. The Labute approximate surface area is 159 Å². The maximum absolute atomic E-state index is 12.3. The predicted molar refractivity (Wildman–Crippen MR) is 103 cm³/mol. The molecule has 0 aromatic heterocycles. The summed E-state index contributed by atoms with van der Waals surface area (Å²) in [6.45, 7) is 4.76. The second-order valence-electron chi connectivity index (χ2n) is 6.59. The molecule has 2 N–H and O–H groups in total. The van der Waals surface area contributed by atoms with Gasteiger partial charge in [0.1, 0.15) is 6.54 Å². The van der Waals surface area contributed by atoms with E-state index in [9.17, 15) is 18.0 Å². The first-order valence-electron chi connectivity index (χ1n) is 8.62. The molecule has 0 aliphatic heterocycles. The Bertz CT molecular complexity index is 925. The average molecular weight is 392 g/mol. The third-order valence-corrected chi connectivity index (χ3v) is 5.59. The van der Waals surface area contributed by atoms with Gasteiger partial charge in [-0.05, 0) is 35.7 Å². The zero-order valence-electron chi connectivity index (χ0n) is 15.6. The molecule has 1 atom stereocenters. The molecule has 0 fully saturated rings. The van der Waals surface area contributed by atoms with E-state index in [0.717, 1.165) is 10.8 Å². The molecule has 0 heterocycles. The highest BCUT2D eigenvalue weighted by Gasteiger charge is 2.18. The molecule has 7 nitrogen and oxygen atoms in total. The Morgan fingerprint density at radius 1 is 1.04 bits per heavy atom. The van der Waals surface area contributed by atoms with Crippen LogP contribution in [0.15, 0.2) is 47.4 Å². The quantitative estimate of drug-likeness (QED) is 0.668. The molecular formula is C19H24N2O5S. The van der Waals surface area contributed by atoms with Gasteiger partial charge in [0.05, 0.1) is 4.90 Å². The van der Waals surface area contributed by atoms with Crippen molar-refractivity contribution >= 4 is 32.7 Å². The molecule has 0 aliphatic rings. The van der Waals surface area contributed by atoms with Gasteiger partial charge in [0.15, 0.2) is 6.61 Å². The highest BCUT2D eigenvalue weighted by molar-refractivity contribution is 7.89. The van der Waals surface area contributed by atoms with Gasteiger partial charge in [0.2, 0.25) is 10.0 Å². The van der Waals surface area contributed by atoms with Gasteiger partial charge in [-0.3, -0.25) is 9.59 Å². The normalized spacial score (nSPS) is 12.7. The molecule has 0 bridgehead atoms. The second-order valence-corrected chi connectivity index (χ2v) is 8.36. The van der Waals surface area contributed by atoms with Crippen LogP contribution < -0.4 is 10.0 Å². The summed E-state index contributed by atoms with van der Waals surface area (Å²) in [5, 5.41) is 4.39. The SMILES string of the molecule is CC(C)[C@@H](C)NC(=O)COC(=O)CNS(=O)(=O)c1ccc2ccccc2c1. The van der Waals surface area contributed by atoms with Gasteiger partial charge in [0, 0.05) is 6.04 Å². The number of amides is 1. The summed E-state index contributed by atoms with van der Waals surface area (Å²) in [6.07, 6.45) is 0. The number of esters is 1. The molecule has 0 saturated heterocycles. The van der Waals surface area contributed by atoms with Crippen LogP contribution in [-0.4, -0.2) is 39.5 Å². The highest BCUT2D eigenvalue weighted by Crippen LogP contribution is 2.18. The van der Waals surface area contributed by atoms with Crippen LogP contribution in [0, 0.1) is 5.92 Å². The summed E-state index contributed by atoms with van der Waals surface area (Å²) >= 11 is 0. The maximum atomic E-state index is 12.3. The molecule has 146 valence electrons. The van der Waals surface area contributed by atoms with Crippen LogP contribution in [0.5, 0.6) is 0 Å². The smallest absolute Gasteiger partial charge is 0.321 e. The van der Waals surface area contributed by atoms with Gasteiger partial charge in [-0.2, -0.15) is 4.72 Å². The zero-order chi connectivity index (χ0) is 20.0. The van der Waals surface area contributed by atoms with Crippen LogP contribution in [0.2, 0.25) is 0 Å². The summed E-state index contributed by atoms with van der Waals surface area (Å²) in [7, 11) is -3.87. The van der Waals surface area contributed by atoms with Crippen molar-refractivity contribution in [3.63, 3.8) is 0 Å². The van der Waals surface area contributed by atoms with Gasteiger partial charge in [-0.15, -0.1) is 0 Å². The molecular weight excluding hydrogens is 368 g/mol. The van der Waals surface area contributed by atoms with E-state index in [0.29, 0.717) is 0 Å². The van der Waals surface area contributed by atoms with Crippen LogP contribution in [0.1, 0.15) is 20.8 Å². The number of benzene rings is 2. The first-order valence-corrected chi connectivity index (χ1v) is 10.1. The van der Waals surface area contributed by atoms with Gasteiger partial charge in [-0.25, -0.2) is 8.42 Å². The first kappa shape index (κ1) is 20.9. The summed E-state index contributed by atoms with van der Waals surface area (Å²) in [5.74, 6) is -1.01. The van der Waals surface area contributed by atoms with Gasteiger partial charge >= 0.3 is 5.97 Å². The maximum Gasteiger partial charge on any atom is 0.321 e. The number of hydrogen-bond donors (Lipinski definition) is 2. The number of carbonyl (C=O) groups excluding carboxylic acids is 2. The fraction of sp³-hybridized carbons (Fsp3) is 0.368. The van der Waals surface area contributed by atoms with Crippen molar-refractivity contribution in [1.82, 2.24) is 10.0 Å². The molecule has 0 aliphatic carbocycles. The lowest BCUT2D eigenvalue weighted by Crippen LogP contribution is -2.39. The Morgan fingerprint density at radius 3 is 2.37 bits per heavy atom. The van der Waals surface area contributed by atoms with E-state index in [1.54, 1.807) is 12.1 Å². The minimum absolute atomic E-state index is 0.0531. The second kappa shape index (κ2) is 8.96. The lowest BCUT2D eigenvalue weighted by Gasteiger charge is -2.17. The largest absolute Gasteiger partial charge is 0.455 e. The molecule has 1 amide bonds. The Hall–Kier alpha value is -2.45.